The predicted molar refractivity (Wildman–Crippen MR) is 149 cm³/mol. The molecule has 0 spiro atoms. The molecule has 1 fully saturated rings. The number of anilines is 1. The smallest absolute Gasteiger partial charge is 0.264 e. The number of benzene rings is 3. The molecule has 0 bridgehead atoms. The third-order valence-electron chi connectivity index (χ3n) is 5.67. The van der Waals surface area contributed by atoms with E-state index in [1.807, 2.05) is 54.6 Å². The summed E-state index contributed by atoms with van der Waals surface area (Å²) in [4.78, 5) is 17.1. The Labute approximate surface area is 230 Å². The summed E-state index contributed by atoms with van der Waals surface area (Å²) in [6.45, 7) is 3.02. The molecule has 0 radical (unpaired) electrons. The van der Waals surface area contributed by atoms with Gasteiger partial charge in [-0.1, -0.05) is 46.3 Å². The van der Waals surface area contributed by atoms with Gasteiger partial charge in [0.05, 0.1) is 8.95 Å². The van der Waals surface area contributed by atoms with Crippen molar-refractivity contribution in [3.8, 4) is 11.8 Å². The number of nitrogens with zero attached hydrogens (tertiary/aromatic N) is 3. The van der Waals surface area contributed by atoms with Crippen LogP contribution >= 0.6 is 47.8 Å². The van der Waals surface area contributed by atoms with E-state index in [-0.39, 0.29) is 11.5 Å². The molecule has 0 aliphatic carbocycles. The molecule has 3 aromatic rings. The van der Waals surface area contributed by atoms with Crippen LogP contribution in [0.15, 0.2) is 85.7 Å². The number of piperazine rings is 1. The maximum absolute atomic E-state index is 13.1. The second kappa shape index (κ2) is 11.9. The highest BCUT2D eigenvalue weighted by Crippen LogP contribution is 2.36. The van der Waals surface area contributed by atoms with Crippen LogP contribution in [0.1, 0.15) is 11.1 Å². The molecule has 1 amide bonds. The molecular formula is C27H22Br3N3O2. The average molecular weight is 660 g/mol. The molecule has 35 heavy (non-hydrogen) atoms. The van der Waals surface area contributed by atoms with Crippen molar-refractivity contribution in [2.24, 2.45) is 0 Å². The Morgan fingerprint density at radius 3 is 2.17 bits per heavy atom. The van der Waals surface area contributed by atoms with Crippen LogP contribution < -0.4 is 9.64 Å². The second-order valence-electron chi connectivity index (χ2n) is 8.01. The molecule has 178 valence electrons. The molecule has 0 atom stereocenters. The molecule has 1 saturated heterocycles. The highest BCUT2D eigenvalue weighted by molar-refractivity contribution is 9.11. The van der Waals surface area contributed by atoms with Crippen molar-refractivity contribution < 1.29 is 9.53 Å². The van der Waals surface area contributed by atoms with Gasteiger partial charge in [0.25, 0.3) is 5.91 Å². The number of amides is 1. The van der Waals surface area contributed by atoms with Crippen LogP contribution in [0.3, 0.4) is 0 Å². The number of nitriles is 1. The van der Waals surface area contributed by atoms with Gasteiger partial charge < -0.3 is 14.5 Å². The minimum atomic E-state index is -0.247. The highest BCUT2D eigenvalue weighted by atomic mass is 79.9. The zero-order chi connectivity index (χ0) is 24.8. The molecule has 5 nitrogen and oxygen atoms in total. The third kappa shape index (κ3) is 6.54. The largest absolute Gasteiger partial charge is 0.487 e. The Morgan fingerprint density at radius 1 is 0.943 bits per heavy atom. The molecule has 3 aromatic carbocycles. The van der Waals surface area contributed by atoms with Crippen LogP contribution in [0.4, 0.5) is 5.69 Å². The summed E-state index contributed by atoms with van der Waals surface area (Å²) < 4.78 is 8.47. The fourth-order valence-electron chi connectivity index (χ4n) is 3.82. The van der Waals surface area contributed by atoms with Gasteiger partial charge in [-0.25, -0.2) is 0 Å². The van der Waals surface area contributed by atoms with E-state index in [9.17, 15) is 10.1 Å². The van der Waals surface area contributed by atoms with Crippen LogP contribution in [0.2, 0.25) is 0 Å². The van der Waals surface area contributed by atoms with Gasteiger partial charge in [-0.15, -0.1) is 0 Å². The fraction of sp³-hybridized carbons (Fsp3) is 0.185. The van der Waals surface area contributed by atoms with Gasteiger partial charge in [0.15, 0.2) is 0 Å². The first-order chi connectivity index (χ1) is 16.9. The zero-order valence-electron chi connectivity index (χ0n) is 18.8. The quantitative estimate of drug-likeness (QED) is 0.216. The normalized spacial score (nSPS) is 13.9. The fourth-order valence-corrected chi connectivity index (χ4v) is 5.54. The Hall–Kier alpha value is -2.60. The summed E-state index contributed by atoms with van der Waals surface area (Å²) in [6, 6.07) is 23.9. The topological polar surface area (TPSA) is 56.6 Å². The Kier molecular flexibility index (Phi) is 8.66. The summed E-state index contributed by atoms with van der Waals surface area (Å²) in [5, 5.41) is 9.71. The van der Waals surface area contributed by atoms with Crippen LogP contribution in [-0.2, 0) is 11.4 Å². The van der Waals surface area contributed by atoms with Crippen molar-refractivity contribution in [1.29, 1.82) is 5.26 Å². The third-order valence-corrected chi connectivity index (χ3v) is 7.37. The monoisotopic (exact) mass is 657 g/mol. The number of rotatable bonds is 6. The van der Waals surface area contributed by atoms with Gasteiger partial charge in [-0.2, -0.15) is 5.26 Å². The minimum absolute atomic E-state index is 0.112. The summed E-state index contributed by atoms with van der Waals surface area (Å²) in [7, 11) is 0. The number of halogens is 3. The first kappa shape index (κ1) is 25.5. The summed E-state index contributed by atoms with van der Waals surface area (Å²) in [5.41, 5.74) is 3.03. The van der Waals surface area contributed by atoms with Crippen molar-refractivity contribution in [2.45, 2.75) is 6.61 Å². The van der Waals surface area contributed by atoms with E-state index >= 15 is 0 Å². The van der Waals surface area contributed by atoms with Crippen molar-refractivity contribution >= 4 is 65.5 Å². The van der Waals surface area contributed by atoms with Crippen molar-refractivity contribution in [2.75, 3.05) is 31.1 Å². The second-order valence-corrected chi connectivity index (χ2v) is 10.6. The molecule has 8 heteroatoms. The van der Waals surface area contributed by atoms with Gasteiger partial charge >= 0.3 is 0 Å². The minimum Gasteiger partial charge on any atom is -0.487 e. The molecule has 1 aliphatic rings. The number of carbonyl (C=O) groups is 1. The Morgan fingerprint density at radius 2 is 1.57 bits per heavy atom. The van der Waals surface area contributed by atoms with E-state index in [0.717, 1.165) is 43.3 Å². The number of ether oxygens (including phenoxy) is 1. The van der Waals surface area contributed by atoms with Crippen LogP contribution in [-0.4, -0.2) is 37.0 Å². The first-order valence-corrected chi connectivity index (χ1v) is 13.4. The Balaban J connectivity index is 1.43. The lowest BCUT2D eigenvalue weighted by Crippen LogP contribution is -2.49. The summed E-state index contributed by atoms with van der Waals surface area (Å²) >= 11 is 10.6. The Bertz CT molecular complexity index is 1240. The molecule has 4 rings (SSSR count). The predicted octanol–water partition coefficient (Wildman–Crippen LogP) is 6.81. The van der Waals surface area contributed by atoms with E-state index in [2.05, 4.69) is 70.9 Å². The van der Waals surface area contributed by atoms with E-state index in [1.54, 1.807) is 11.0 Å². The number of hydrogen-bond donors (Lipinski definition) is 0. The van der Waals surface area contributed by atoms with E-state index in [0.29, 0.717) is 25.4 Å². The van der Waals surface area contributed by atoms with E-state index in [1.165, 1.54) is 0 Å². The average Bonchev–Trinajstić information content (AvgIpc) is 2.88. The van der Waals surface area contributed by atoms with Gasteiger partial charge in [-0.05, 0) is 85.5 Å². The van der Waals surface area contributed by atoms with Crippen molar-refractivity contribution in [1.82, 2.24) is 4.90 Å². The van der Waals surface area contributed by atoms with Crippen LogP contribution in [0.5, 0.6) is 5.75 Å². The van der Waals surface area contributed by atoms with Crippen molar-refractivity contribution in [3.05, 3.63) is 96.8 Å². The molecule has 0 N–H and O–H groups in total. The summed E-state index contributed by atoms with van der Waals surface area (Å²) in [6.07, 6.45) is 1.62. The maximum Gasteiger partial charge on any atom is 0.264 e. The van der Waals surface area contributed by atoms with Gasteiger partial charge in [0.1, 0.15) is 24.0 Å². The lowest BCUT2D eigenvalue weighted by atomic mass is 10.1. The van der Waals surface area contributed by atoms with Gasteiger partial charge in [0, 0.05) is 36.3 Å². The highest BCUT2D eigenvalue weighted by Gasteiger charge is 2.24. The number of hydrogen-bond acceptors (Lipinski definition) is 4. The molecule has 0 saturated carbocycles. The van der Waals surface area contributed by atoms with Gasteiger partial charge in [-0.3, -0.25) is 4.79 Å². The number of carbonyl (C=O) groups excluding carboxylic acids is 1. The summed E-state index contributed by atoms with van der Waals surface area (Å²) in [5.74, 6) is 0.412. The first-order valence-electron chi connectivity index (χ1n) is 11.0. The van der Waals surface area contributed by atoms with E-state index in [4.69, 9.17) is 4.74 Å². The molecular weight excluding hydrogens is 638 g/mol. The molecule has 0 aromatic heterocycles. The standard InChI is InChI=1S/C27H22Br3N3O2/c28-22-8-6-19(7-9-22)18-35-26-24(29)15-20(16-25(26)30)14-21(17-31)27(34)33-12-10-32(11-13-33)23-4-2-1-3-5-23/h1-9,14-16H,10-13,18H2/b21-14-. The van der Waals surface area contributed by atoms with Gasteiger partial charge in [0.2, 0.25) is 0 Å². The van der Waals surface area contributed by atoms with Crippen LogP contribution in [0.25, 0.3) is 6.08 Å². The molecule has 0 unspecified atom stereocenters. The van der Waals surface area contributed by atoms with Crippen LogP contribution in [0, 0.1) is 11.3 Å². The van der Waals surface area contributed by atoms with E-state index < -0.39 is 0 Å². The SMILES string of the molecule is N#C/C(=C/c1cc(Br)c(OCc2ccc(Br)cc2)c(Br)c1)C(=O)N1CCN(c2ccccc2)CC1. The molecule has 1 heterocycles. The lowest BCUT2D eigenvalue weighted by molar-refractivity contribution is -0.126. The van der Waals surface area contributed by atoms with Crippen molar-refractivity contribution in [3.63, 3.8) is 0 Å². The maximum atomic E-state index is 13.1. The zero-order valence-corrected chi connectivity index (χ0v) is 23.5. The molecule has 1 aliphatic heterocycles. The lowest BCUT2D eigenvalue weighted by Gasteiger charge is -2.36. The number of para-hydroxylation sites is 1.